The second kappa shape index (κ2) is 38.4. The molecule has 0 atom stereocenters. The molecule has 241 valence electrons. The van der Waals surface area contributed by atoms with Gasteiger partial charge in [0.15, 0.2) is 0 Å². The van der Waals surface area contributed by atoms with Crippen LogP contribution in [-0.2, 0) is 17.1 Å². The summed E-state index contributed by atoms with van der Waals surface area (Å²) in [6.07, 6.45) is 8.05. The SMILES string of the molecule is C1=Cc2cc3ccc(cc4ccc(cc5nc(cc1n2)C=C5)[nH]4)[nH]3.Cl.[CH2-]C.[CH2-]C.[CH2-]C.[CH2-]C.[CH2-]C.[CH2-]C.[CH2-]C.[CH2-]C.[Mn]. The minimum Gasteiger partial charge on any atom is -0.355 e. The van der Waals surface area contributed by atoms with E-state index < -0.39 is 0 Å². The quantitative estimate of drug-likeness (QED) is 0.132. The molecular formula is C36H55ClMnN4-8. The van der Waals surface area contributed by atoms with Crippen molar-refractivity contribution in [2.45, 2.75) is 55.4 Å². The van der Waals surface area contributed by atoms with Crippen LogP contribution in [0.1, 0.15) is 78.2 Å². The Balaban J connectivity index is -0.000000158. The van der Waals surface area contributed by atoms with Gasteiger partial charge >= 0.3 is 0 Å². The number of fused-ring (bicyclic) bond motifs is 8. The topological polar surface area (TPSA) is 57.4 Å². The third-order valence-electron chi connectivity index (χ3n) is 4.04. The predicted molar refractivity (Wildman–Crippen MR) is 194 cm³/mol. The van der Waals surface area contributed by atoms with Crippen molar-refractivity contribution in [3.8, 4) is 0 Å². The average Bonchev–Trinajstić information content (AvgIpc) is 3.88. The number of rotatable bonds is 0. The third-order valence-corrected chi connectivity index (χ3v) is 4.04. The zero-order valence-corrected chi connectivity index (χ0v) is 29.3. The Morgan fingerprint density at radius 3 is 0.857 bits per heavy atom. The van der Waals surface area contributed by atoms with Crippen LogP contribution in [0, 0.1) is 55.4 Å². The minimum atomic E-state index is 0. The van der Waals surface area contributed by atoms with Gasteiger partial charge in [-0.1, -0.05) is 0 Å². The van der Waals surface area contributed by atoms with Crippen molar-refractivity contribution in [3.05, 3.63) is 127 Å². The summed E-state index contributed by atoms with van der Waals surface area (Å²) < 4.78 is 0. The Hall–Kier alpha value is -2.59. The Bertz CT molecular complexity index is 1090. The fourth-order valence-corrected chi connectivity index (χ4v) is 2.94. The minimum absolute atomic E-state index is 0. The summed E-state index contributed by atoms with van der Waals surface area (Å²) >= 11 is 0. The molecule has 0 aliphatic carbocycles. The Labute approximate surface area is 276 Å². The van der Waals surface area contributed by atoms with Crippen molar-refractivity contribution in [2.75, 3.05) is 0 Å². The van der Waals surface area contributed by atoms with E-state index in [1.54, 1.807) is 55.4 Å². The first-order valence-electron chi connectivity index (χ1n) is 13.5. The first-order chi connectivity index (χ1) is 19.8. The molecule has 3 aromatic heterocycles. The maximum atomic E-state index is 4.62. The molecule has 0 unspecified atom stereocenters. The Morgan fingerprint density at radius 1 is 0.381 bits per heavy atom. The smallest absolute Gasteiger partial charge is 0.0659 e. The molecule has 1 radical (unpaired) electrons. The number of aromatic amines is 2. The van der Waals surface area contributed by atoms with Crippen LogP contribution in [0.4, 0.5) is 0 Å². The number of hydrogen-bond acceptors (Lipinski definition) is 2. The van der Waals surface area contributed by atoms with Crippen molar-refractivity contribution in [2.24, 2.45) is 0 Å². The number of aromatic nitrogens is 4. The number of nitrogens with zero attached hydrogens (tertiary/aromatic N) is 2. The standard InChI is InChI=1S/C20H14N4.8C2H5.ClH.Mn/c1-2-14-10-16-5-6-18(23-16)12-20-8-7-19(24-20)11-17-4-3-15(22-17)9-13(1)21-14;8*1-2;;/h1-12,21-22H;8*1H2,2H3;1H;/q;8*-1;;. The Morgan fingerprint density at radius 2 is 0.595 bits per heavy atom. The van der Waals surface area contributed by atoms with E-state index in [2.05, 4.69) is 106 Å². The van der Waals surface area contributed by atoms with Crippen LogP contribution in [-0.4, -0.2) is 19.9 Å². The van der Waals surface area contributed by atoms with Crippen molar-refractivity contribution < 1.29 is 17.1 Å². The summed E-state index contributed by atoms with van der Waals surface area (Å²) in [6, 6.07) is 16.4. The maximum absolute atomic E-state index is 4.62. The molecule has 2 N–H and O–H groups in total. The molecule has 0 aromatic carbocycles. The van der Waals surface area contributed by atoms with E-state index in [9.17, 15) is 0 Å². The van der Waals surface area contributed by atoms with Gasteiger partial charge in [-0.25, -0.2) is 9.97 Å². The van der Waals surface area contributed by atoms with Gasteiger partial charge in [-0.15, -0.1) is 12.4 Å². The first kappa shape index (κ1) is 52.1. The normalized spacial score (nSPS) is 8.38. The van der Waals surface area contributed by atoms with E-state index in [0.717, 1.165) is 44.8 Å². The van der Waals surface area contributed by atoms with Crippen molar-refractivity contribution in [3.63, 3.8) is 0 Å². The average molecular weight is 634 g/mol. The van der Waals surface area contributed by atoms with Gasteiger partial charge < -0.3 is 65.4 Å². The first-order valence-corrected chi connectivity index (χ1v) is 13.5. The van der Waals surface area contributed by atoms with E-state index in [4.69, 9.17) is 0 Å². The fourth-order valence-electron chi connectivity index (χ4n) is 2.94. The van der Waals surface area contributed by atoms with E-state index in [1.165, 1.54) is 0 Å². The summed E-state index contributed by atoms with van der Waals surface area (Å²) in [6.45, 7) is 40.0. The third kappa shape index (κ3) is 20.3. The zero-order chi connectivity index (χ0) is 31.9. The molecule has 2 aliphatic heterocycles. The second-order valence-electron chi connectivity index (χ2n) is 5.91. The van der Waals surface area contributed by atoms with E-state index in [1.807, 2.05) is 42.5 Å². The summed E-state index contributed by atoms with van der Waals surface area (Å²) in [7, 11) is 0. The van der Waals surface area contributed by atoms with Crippen LogP contribution in [0.2, 0.25) is 0 Å². The molecule has 0 saturated heterocycles. The summed E-state index contributed by atoms with van der Waals surface area (Å²) in [4.78, 5) is 16.0. The molecule has 8 bridgehead atoms. The van der Waals surface area contributed by atoms with Gasteiger partial charge in [-0.05, 0) is 72.8 Å². The molecule has 4 nitrogen and oxygen atoms in total. The van der Waals surface area contributed by atoms with Crippen LogP contribution in [0.5, 0.6) is 0 Å². The molecule has 0 fully saturated rings. The fraction of sp³-hybridized carbons (Fsp3) is 0.222. The number of halogens is 1. The van der Waals surface area contributed by atoms with Crippen molar-refractivity contribution in [1.29, 1.82) is 0 Å². The zero-order valence-electron chi connectivity index (χ0n) is 27.3. The predicted octanol–water partition coefficient (Wildman–Crippen LogP) is 11.8. The van der Waals surface area contributed by atoms with Crippen molar-refractivity contribution >= 4 is 58.8 Å². The van der Waals surface area contributed by atoms with Gasteiger partial charge in [0.25, 0.3) is 0 Å². The number of hydrogen-bond donors (Lipinski definition) is 2. The molecule has 0 spiro atoms. The Kier molecular flexibility index (Phi) is 47.6. The summed E-state index contributed by atoms with van der Waals surface area (Å²) in [5.74, 6) is 0. The van der Waals surface area contributed by atoms with Crippen LogP contribution in [0.25, 0.3) is 46.4 Å². The number of nitrogens with one attached hydrogen (secondary N) is 2. The molecule has 0 saturated carbocycles. The van der Waals surface area contributed by atoms with Gasteiger partial charge in [0.05, 0.1) is 22.8 Å². The monoisotopic (exact) mass is 633 g/mol. The van der Waals surface area contributed by atoms with E-state index in [0.29, 0.717) is 0 Å². The van der Waals surface area contributed by atoms with Crippen LogP contribution < -0.4 is 0 Å². The molecule has 3 aromatic rings. The summed E-state index contributed by atoms with van der Waals surface area (Å²) in [5, 5.41) is 0. The second-order valence-corrected chi connectivity index (χ2v) is 5.91. The molecule has 2 aliphatic rings. The van der Waals surface area contributed by atoms with Gasteiger partial charge in [0.2, 0.25) is 0 Å². The molecule has 5 rings (SSSR count). The number of H-pyrrole nitrogens is 2. The molecule has 42 heavy (non-hydrogen) atoms. The molecule has 0 amide bonds. The van der Waals surface area contributed by atoms with Crippen LogP contribution in [0.15, 0.2) is 48.5 Å². The van der Waals surface area contributed by atoms with Gasteiger partial charge in [0.1, 0.15) is 0 Å². The van der Waals surface area contributed by atoms with E-state index in [-0.39, 0.29) is 29.5 Å². The van der Waals surface area contributed by atoms with Crippen LogP contribution >= 0.6 is 12.4 Å². The summed E-state index contributed by atoms with van der Waals surface area (Å²) in [5.41, 5.74) is 7.86. The van der Waals surface area contributed by atoms with Gasteiger partial charge in [-0.2, -0.15) is 55.4 Å². The van der Waals surface area contributed by atoms with Gasteiger partial charge in [0, 0.05) is 39.1 Å². The largest absolute Gasteiger partial charge is 0.355 e. The van der Waals surface area contributed by atoms with Crippen LogP contribution in [0.3, 0.4) is 0 Å². The molecule has 6 heteroatoms. The van der Waals surface area contributed by atoms with Gasteiger partial charge in [-0.3, -0.25) is 0 Å². The van der Waals surface area contributed by atoms with Crippen molar-refractivity contribution in [1.82, 2.24) is 19.9 Å². The molecule has 5 heterocycles. The van der Waals surface area contributed by atoms with E-state index >= 15 is 0 Å². The molecular weight excluding hydrogens is 579 g/mol. The maximum Gasteiger partial charge on any atom is 0.0659 e.